The highest BCUT2D eigenvalue weighted by atomic mass is 16.6. The Balaban J connectivity index is 3.70. The topological polar surface area (TPSA) is 67.4 Å². The van der Waals surface area contributed by atoms with Gasteiger partial charge in [0.2, 0.25) is 5.91 Å². The molecule has 0 unspecified atom stereocenters. The van der Waals surface area contributed by atoms with Crippen LogP contribution in [0.2, 0.25) is 0 Å². The van der Waals surface area contributed by atoms with Crippen molar-refractivity contribution in [3.05, 3.63) is 0 Å². The number of amides is 2. The molecule has 0 aromatic carbocycles. The maximum atomic E-state index is 11.4. The van der Waals surface area contributed by atoms with E-state index in [1.165, 1.54) is 0 Å². The van der Waals surface area contributed by atoms with E-state index in [1.54, 1.807) is 20.8 Å². The summed E-state index contributed by atoms with van der Waals surface area (Å²) in [7, 11) is 0. The lowest BCUT2D eigenvalue weighted by Gasteiger charge is -2.17. The van der Waals surface area contributed by atoms with Crippen LogP contribution in [0.3, 0.4) is 0 Å². The van der Waals surface area contributed by atoms with Crippen LogP contribution in [0.15, 0.2) is 0 Å². The second-order valence-electron chi connectivity index (χ2n) is 5.16. The molecule has 0 aliphatic rings. The largest absolute Gasteiger partial charge is 0.346 e. The maximum Gasteiger partial charge on any atom is 0.262 e. The lowest BCUT2D eigenvalue weighted by Crippen LogP contribution is -2.41. The first-order valence-electron chi connectivity index (χ1n) is 5.42. The van der Waals surface area contributed by atoms with Gasteiger partial charge in [-0.25, -0.2) is 5.48 Å². The van der Waals surface area contributed by atoms with Crippen molar-refractivity contribution in [2.24, 2.45) is 11.3 Å². The first kappa shape index (κ1) is 14.9. The van der Waals surface area contributed by atoms with Crippen LogP contribution in [-0.2, 0) is 14.4 Å². The van der Waals surface area contributed by atoms with E-state index in [4.69, 9.17) is 4.84 Å². The predicted octanol–water partition coefficient (Wildman–Crippen LogP) is 0.852. The van der Waals surface area contributed by atoms with Gasteiger partial charge in [-0.05, 0) is 5.92 Å². The van der Waals surface area contributed by atoms with E-state index in [0.29, 0.717) is 12.5 Å². The monoisotopic (exact) mass is 230 g/mol. The number of nitrogens with one attached hydrogen (secondary N) is 2. The maximum absolute atomic E-state index is 11.4. The average Bonchev–Trinajstić information content (AvgIpc) is 2.11. The van der Waals surface area contributed by atoms with E-state index in [1.807, 2.05) is 13.8 Å². The van der Waals surface area contributed by atoms with Crippen molar-refractivity contribution in [2.45, 2.75) is 34.6 Å². The third-order valence-corrected chi connectivity index (χ3v) is 1.69. The van der Waals surface area contributed by atoms with Crippen LogP contribution in [0.5, 0.6) is 0 Å². The van der Waals surface area contributed by atoms with Crippen LogP contribution < -0.4 is 10.8 Å². The minimum Gasteiger partial charge on any atom is -0.346 e. The molecule has 0 aliphatic heterocycles. The van der Waals surface area contributed by atoms with E-state index in [9.17, 15) is 9.59 Å². The molecule has 0 rings (SSSR count). The Kier molecular flexibility index (Phi) is 6.03. The summed E-state index contributed by atoms with van der Waals surface area (Å²) < 4.78 is 0. The highest BCUT2D eigenvalue weighted by Crippen LogP contribution is 2.11. The van der Waals surface area contributed by atoms with Crippen molar-refractivity contribution in [3.8, 4) is 0 Å². The molecule has 0 heterocycles. The van der Waals surface area contributed by atoms with E-state index in [0.717, 1.165) is 0 Å². The summed E-state index contributed by atoms with van der Waals surface area (Å²) in [6, 6.07) is 0. The minimum absolute atomic E-state index is 0.0613. The molecule has 2 N–H and O–H groups in total. The molecule has 2 amide bonds. The van der Waals surface area contributed by atoms with Crippen molar-refractivity contribution in [2.75, 3.05) is 13.2 Å². The number of hydroxylamine groups is 1. The molecule has 0 fully saturated rings. The Labute approximate surface area is 96.9 Å². The molecule has 0 aliphatic carbocycles. The molecule has 0 spiro atoms. The van der Waals surface area contributed by atoms with E-state index in [2.05, 4.69) is 10.8 Å². The first-order chi connectivity index (χ1) is 7.23. The fourth-order valence-corrected chi connectivity index (χ4v) is 0.751. The van der Waals surface area contributed by atoms with Crippen molar-refractivity contribution >= 4 is 11.8 Å². The van der Waals surface area contributed by atoms with Gasteiger partial charge in [0.25, 0.3) is 5.91 Å². The zero-order chi connectivity index (χ0) is 12.8. The van der Waals surface area contributed by atoms with Gasteiger partial charge in [0.05, 0.1) is 13.2 Å². The second kappa shape index (κ2) is 6.48. The third kappa shape index (κ3) is 7.23. The zero-order valence-corrected chi connectivity index (χ0v) is 10.7. The molecule has 0 atom stereocenters. The van der Waals surface area contributed by atoms with Crippen molar-refractivity contribution < 1.29 is 14.4 Å². The molecule has 16 heavy (non-hydrogen) atoms. The number of hydrogen-bond acceptors (Lipinski definition) is 3. The standard InChI is InChI=1S/C11H22N2O3/c1-8(2)7-16-13-9(14)6-12-10(15)11(3,4)5/h8H,6-7H2,1-5H3,(H,12,15)(H,13,14). The smallest absolute Gasteiger partial charge is 0.262 e. The van der Waals surface area contributed by atoms with E-state index >= 15 is 0 Å². The Hall–Kier alpha value is -1.10. The van der Waals surface area contributed by atoms with Crippen LogP contribution in [0.25, 0.3) is 0 Å². The van der Waals surface area contributed by atoms with E-state index in [-0.39, 0.29) is 18.4 Å². The molecular formula is C11H22N2O3. The lowest BCUT2D eigenvalue weighted by molar-refractivity contribution is -0.137. The molecule has 0 saturated heterocycles. The number of hydrogen-bond donors (Lipinski definition) is 2. The summed E-state index contributed by atoms with van der Waals surface area (Å²) in [4.78, 5) is 27.5. The van der Waals surface area contributed by atoms with Gasteiger partial charge in [-0.1, -0.05) is 34.6 Å². The number of carbonyl (C=O) groups is 2. The van der Waals surface area contributed by atoms with Gasteiger partial charge in [-0.15, -0.1) is 0 Å². The molecule has 0 aromatic rings. The van der Waals surface area contributed by atoms with Gasteiger partial charge in [-0.2, -0.15) is 0 Å². The molecule has 0 bridgehead atoms. The van der Waals surface area contributed by atoms with Crippen LogP contribution >= 0.6 is 0 Å². The van der Waals surface area contributed by atoms with E-state index < -0.39 is 5.41 Å². The van der Waals surface area contributed by atoms with Crippen LogP contribution in [0, 0.1) is 11.3 Å². The molecule has 5 nitrogen and oxygen atoms in total. The quantitative estimate of drug-likeness (QED) is 0.688. The molecule has 0 aromatic heterocycles. The minimum atomic E-state index is -0.487. The summed E-state index contributed by atoms with van der Waals surface area (Å²) in [6.45, 7) is 9.72. The fraction of sp³-hybridized carbons (Fsp3) is 0.818. The van der Waals surface area contributed by atoms with Gasteiger partial charge in [-0.3, -0.25) is 14.4 Å². The Morgan fingerprint density at radius 2 is 1.81 bits per heavy atom. The van der Waals surface area contributed by atoms with Gasteiger partial charge in [0.15, 0.2) is 0 Å². The normalized spacial score (nSPS) is 11.4. The average molecular weight is 230 g/mol. The van der Waals surface area contributed by atoms with Crippen molar-refractivity contribution in [1.82, 2.24) is 10.8 Å². The molecule has 5 heteroatoms. The third-order valence-electron chi connectivity index (χ3n) is 1.69. The highest BCUT2D eigenvalue weighted by Gasteiger charge is 2.21. The summed E-state index contributed by atoms with van der Waals surface area (Å²) in [5.74, 6) is -0.158. The summed E-state index contributed by atoms with van der Waals surface area (Å²) in [6.07, 6.45) is 0. The van der Waals surface area contributed by atoms with Gasteiger partial charge in [0.1, 0.15) is 0 Å². The molecule has 0 saturated carbocycles. The molecule has 94 valence electrons. The predicted molar refractivity (Wildman–Crippen MR) is 61.4 cm³/mol. The number of rotatable bonds is 5. The zero-order valence-electron chi connectivity index (χ0n) is 10.7. The Morgan fingerprint density at radius 1 is 1.25 bits per heavy atom. The SMILES string of the molecule is CC(C)CONC(=O)CNC(=O)C(C)(C)C. The molecular weight excluding hydrogens is 208 g/mol. The first-order valence-corrected chi connectivity index (χ1v) is 5.42. The van der Waals surface area contributed by atoms with Crippen LogP contribution in [0.1, 0.15) is 34.6 Å². The van der Waals surface area contributed by atoms with Gasteiger partial charge < -0.3 is 5.32 Å². The lowest BCUT2D eigenvalue weighted by atomic mass is 9.96. The van der Waals surface area contributed by atoms with Crippen LogP contribution in [-0.4, -0.2) is 25.0 Å². The highest BCUT2D eigenvalue weighted by molar-refractivity contribution is 5.86. The van der Waals surface area contributed by atoms with Crippen molar-refractivity contribution in [1.29, 1.82) is 0 Å². The number of carbonyl (C=O) groups excluding carboxylic acids is 2. The van der Waals surface area contributed by atoms with Crippen LogP contribution in [0.4, 0.5) is 0 Å². The summed E-state index contributed by atoms with van der Waals surface area (Å²) in [5, 5.41) is 2.53. The Bertz CT molecular complexity index is 244. The van der Waals surface area contributed by atoms with Crippen molar-refractivity contribution in [3.63, 3.8) is 0 Å². The summed E-state index contributed by atoms with van der Waals surface area (Å²) >= 11 is 0. The summed E-state index contributed by atoms with van der Waals surface area (Å²) in [5.41, 5.74) is 1.78. The fourth-order valence-electron chi connectivity index (χ4n) is 0.751. The second-order valence-corrected chi connectivity index (χ2v) is 5.16. The van der Waals surface area contributed by atoms with Gasteiger partial charge in [0, 0.05) is 5.41 Å². The Morgan fingerprint density at radius 3 is 2.25 bits per heavy atom. The molecule has 0 radical (unpaired) electrons. The van der Waals surface area contributed by atoms with Gasteiger partial charge >= 0.3 is 0 Å².